The minimum Gasteiger partial charge on any atom is -0.463 e. The highest BCUT2D eigenvalue weighted by atomic mass is 32.2. The standard InChI is InChI=1S/C20H24N2O2S/c1-5-16-7-9-17(10-8-16)12-18(19(23)24-6-2)13-25-20-21-14(3)11-15(4)22-20/h7-12H,5-6,13H2,1-4H3/b18-12+. The molecule has 0 amide bonds. The second-order valence-corrected chi connectivity index (χ2v) is 6.65. The van der Waals surface area contributed by atoms with Crippen LogP contribution < -0.4 is 0 Å². The number of benzene rings is 1. The molecule has 0 saturated heterocycles. The number of aromatic nitrogens is 2. The van der Waals surface area contributed by atoms with Crippen LogP contribution >= 0.6 is 11.8 Å². The molecule has 0 aliphatic rings. The Bertz CT molecular complexity index is 735. The summed E-state index contributed by atoms with van der Waals surface area (Å²) in [6.45, 7) is 8.17. The van der Waals surface area contributed by atoms with Crippen LogP contribution in [0.1, 0.15) is 36.4 Å². The van der Waals surface area contributed by atoms with Crippen molar-refractivity contribution in [2.24, 2.45) is 0 Å². The molecule has 0 unspecified atom stereocenters. The summed E-state index contributed by atoms with van der Waals surface area (Å²) in [6, 6.07) is 10.1. The van der Waals surface area contributed by atoms with Gasteiger partial charge in [0.2, 0.25) is 0 Å². The zero-order valence-corrected chi connectivity index (χ0v) is 16.0. The number of carbonyl (C=O) groups is 1. The van der Waals surface area contributed by atoms with E-state index in [9.17, 15) is 4.79 Å². The van der Waals surface area contributed by atoms with Gasteiger partial charge in [-0.3, -0.25) is 0 Å². The minimum atomic E-state index is -0.293. The summed E-state index contributed by atoms with van der Waals surface area (Å²) in [4.78, 5) is 21.1. The smallest absolute Gasteiger partial charge is 0.334 e. The number of hydrogen-bond acceptors (Lipinski definition) is 5. The number of rotatable bonds is 7. The first-order chi connectivity index (χ1) is 12.0. The van der Waals surface area contributed by atoms with Gasteiger partial charge >= 0.3 is 5.97 Å². The third-order valence-corrected chi connectivity index (χ3v) is 4.48. The maximum atomic E-state index is 12.3. The maximum Gasteiger partial charge on any atom is 0.334 e. The second kappa shape index (κ2) is 9.37. The Labute approximate surface area is 153 Å². The number of thioether (sulfide) groups is 1. The Kier molecular flexibility index (Phi) is 7.19. The molecule has 1 aromatic heterocycles. The van der Waals surface area contributed by atoms with E-state index in [2.05, 4.69) is 29.0 Å². The molecular formula is C20H24N2O2S. The Balaban J connectivity index is 2.19. The lowest BCUT2D eigenvalue weighted by molar-refractivity contribution is -0.138. The molecular weight excluding hydrogens is 332 g/mol. The molecule has 2 rings (SSSR count). The van der Waals surface area contributed by atoms with Crippen LogP contribution in [0.25, 0.3) is 6.08 Å². The van der Waals surface area contributed by atoms with Crippen LogP contribution in [0.2, 0.25) is 0 Å². The van der Waals surface area contributed by atoms with Crippen molar-refractivity contribution in [1.82, 2.24) is 9.97 Å². The van der Waals surface area contributed by atoms with Crippen LogP contribution in [0.15, 0.2) is 41.1 Å². The van der Waals surface area contributed by atoms with Gasteiger partial charge in [0.1, 0.15) is 0 Å². The quantitative estimate of drug-likeness (QED) is 0.319. The van der Waals surface area contributed by atoms with E-state index in [4.69, 9.17) is 4.74 Å². The normalized spacial score (nSPS) is 11.4. The number of esters is 1. The lowest BCUT2D eigenvalue weighted by Gasteiger charge is -2.08. The van der Waals surface area contributed by atoms with Crippen molar-refractivity contribution in [3.05, 3.63) is 58.4 Å². The van der Waals surface area contributed by atoms with E-state index in [1.807, 2.05) is 45.0 Å². The molecule has 4 nitrogen and oxygen atoms in total. The number of ether oxygens (including phenoxy) is 1. The van der Waals surface area contributed by atoms with Crippen LogP contribution in [0.4, 0.5) is 0 Å². The van der Waals surface area contributed by atoms with Crippen molar-refractivity contribution in [3.63, 3.8) is 0 Å². The van der Waals surface area contributed by atoms with Crippen molar-refractivity contribution >= 4 is 23.8 Å². The van der Waals surface area contributed by atoms with E-state index < -0.39 is 0 Å². The summed E-state index contributed by atoms with van der Waals surface area (Å²) in [5, 5.41) is 0.675. The van der Waals surface area contributed by atoms with Crippen LogP contribution in [0.3, 0.4) is 0 Å². The van der Waals surface area contributed by atoms with E-state index in [1.165, 1.54) is 17.3 Å². The molecule has 132 valence electrons. The predicted octanol–water partition coefficient (Wildman–Crippen LogP) is 4.39. The average Bonchev–Trinajstić information content (AvgIpc) is 2.58. The van der Waals surface area contributed by atoms with Gasteiger partial charge in [0, 0.05) is 22.7 Å². The summed E-state index contributed by atoms with van der Waals surface area (Å²) in [5.41, 5.74) is 4.72. The van der Waals surface area contributed by atoms with Crippen molar-refractivity contribution in [1.29, 1.82) is 0 Å². The number of carbonyl (C=O) groups excluding carboxylic acids is 1. The highest BCUT2D eigenvalue weighted by Gasteiger charge is 2.13. The van der Waals surface area contributed by atoms with Gasteiger partial charge in [-0.05, 0) is 50.5 Å². The number of nitrogens with zero attached hydrogens (tertiary/aromatic N) is 2. The van der Waals surface area contributed by atoms with Gasteiger partial charge in [-0.25, -0.2) is 14.8 Å². The Morgan fingerprint density at radius 3 is 2.32 bits per heavy atom. The van der Waals surface area contributed by atoms with Crippen LogP contribution in [0, 0.1) is 13.8 Å². The molecule has 0 aliphatic heterocycles. The highest BCUT2D eigenvalue weighted by Crippen LogP contribution is 2.20. The lowest BCUT2D eigenvalue weighted by Crippen LogP contribution is -2.10. The molecule has 0 radical (unpaired) electrons. The largest absolute Gasteiger partial charge is 0.463 e. The third kappa shape index (κ3) is 6.02. The summed E-state index contributed by atoms with van der Waals surface area (Å²) in [7, 11) is 0. The minimum absolute atomic E-state index is 0.293. The Morgan fingerprint density at radius 1 is 1.12 bits per heavy atom. The monoisotopic (exact) mass is 356 g/mol. The molecule has 0 bridgehead atoms. The van der Waals surface area contributed by atoms with Crippen LogP contribution in [0.5, 0.6) is 0 Å². The van der Waals surface area contributed by atoms with Gasteiger partial charge in [-0.2, -0.15) is 0 Å². The molecule has 0 saturated carbocycles. The van der Waals surface area contributed by atoms with Gasteiger partial charge in [0.15, 0.2) is 5.16 Å². The first kappa shape index (κ1) is 19.2. The molecule has 0 atom stereocenters. The summed E-state index contributed by atoms with van der Waals surface area (Å²) in [6.07, 6.45) is 2.88. The van der Waals surface area contributed by atoms with E-state index in [0.29, 0.717) is 23.1 Å². The SMILES string of the molecule is CCOC(=O)/C(=C/c1ccc(CC)cc1)CSc1nc(C)cc(C)n1. The van der Waals surface area contributed by atoms with E-state index in [-0.39, 0.29) is 5.97 Å². The fraction of sp³-hybridized carbons (Fsp3) is 0.350. The van der Waals surface area contributed by atoms with E-state index in [1.54, 1.807) is 0 Å². The molecule has 1 aromatic carbocycles. The zero-order chi connectivity index (χ0) is 18.2. The third-order valence-electron chi connectivity index (χ3n) is 3.59. The summed E-state index contributed by atoms with van der Waals surface area (Å²) >= 11 is 1.45. The maximum absolute atomic E-state index is 12.3. The first-order valence-electron chi connectivity index (χ1n) is 8.43. The number of hydrogen-bond donors (Lipinski definition) is 0. The molecule has 0 N–H and O–H groups in total. The molecule has 0 aliphatic carbocycles. The summed E-state index contributed by atoms with van der Waals surface area (Å²) < 4.78 is 5.20. The summed E-state index contributed by atoms with van der Waals surface area (Å²) in [5.74, 6) is 0.177. The Hall–Kier alpha value is -2.14. The van der Waals surface area contributed by atoms with Crippen molar-refractivity contribution < 1.29 is 9.53 Å². The molecule has 25 heavy (non-hydrogen) atoms. The van der Waals surface area contributed by atoms with Crippen LogP contribution in [-0.2, 0) is 16.0 Å². The van der Waals surface area contributed by atoms with Gasteiger partial charge in [-0.1, -0.05) is 43.0 Å². The molecule has 5 heteroatoms. The molecule has 0 fully saturated rings. The number of aryl methyl sites for hydroxylation is 3. The van der Waals surface area contributed by atoms with Crippen molar-refractivity contribution in [2.75, 3.05) is 12.4 Å². The Morgan fingerprint density at radius 2 is 1.76 bits per heavy atom. The predicted molar refractivity (Wildman–Crippen MR) is 103 cm³/mol. The molecule has 0 spiro atoms. The van der Waals surface area contributed by atoms with Crippen LogP contribution in [-0.4, -0.2) is 28.3 Å². The van der Waals surface area contributed by atoms with E-state index in [0.717, 1.165) is 23.4 Å². The fourth-order valence-corrected chi connectivity index (χ4v) is 3.24. The van der Waals surface area contributed by atoms with Gasteiger partial charge < -0.3 is 4.74 Å². The first-order valence-corrected chi connectivity index (χ1v) is 9.42. The molecule has 2 aromatic rings. The van der Waals surface area contributed by atoms with Crippen molar-refractivity contribution in [3.8, 4) is 0 Å². The van der Waals surface area contributed by atoms with Crippen molar-refractivity contribution in [2.45, 2.75) is 39.3 Å². The van der Waals surface area contributed by atoms with Gasteiger partial charge in [0.05, 0.1) is 6.61 Å². The molecule has 1 heterocycles. The topological polar surface area (TPSA) is 52.1 Å². The lowest BCUT2D eigenvalue weighted by atomic mass is 10.1. The fourth-order valence-electron chi connectivity index (χ4n) is 2.33. The zero-order valence-electron chi connectivity index (χ0n) is 15.2. The van der Waals surface area contributed by atoms with E-state index >= 15 is 0 Å². The second-order valence-electron chi connectivity index (χ2n) is 5.71. The van der Waals surface area contributed by atoms with Gasteiger partial charge in [0.25, 0.3) is 0 Å². The average molecular weight is 356 g/mol. The highest BCUT2D eigenvalue weighted by molar-refractivity contribution is 7.99. The van der Waals surface area contributed by atoms with Gasteiger partial charge in [-0.15, -0.1) is 0 Å².